The zero-order valence-corrected chi connectivity index (χ0v) is 14.2. The molecule has 0 aliphatic carbocycles. The van der Waals surface area contributed by atoms with Crippen LogP contribution in [0.2, 0.25) is 0 Å². The van der Waals surface area contributed by atoms with Gasteiger partial charge in [0.2, 0.25) is 0 Å². The first-order valence-electron chi connectivity index (χ1n) is 8.34. The van der Waals surface area contributed by atoms with Gasteiger partial charge in [-0.3, -0.25) is 0 Å². The van der Waals surface area contributed by atoms with E-state index >= 15 is 0 Å². The van der Waals surface area contributed by atoms with E-state index in [2.05, 4.69) is 60.0 Å². The van der Waals surface area contributed by atoms with Crippen molar-refractivity contribution in [2.24, 2.45) is 0 Å². The normalized spacial score (nSPS) is 10.6. The Morgan fingerprint density at radius 1 is 0.909 bits per heavy atom. The van der Waals surface area contributed by atoms with Crippen molar-refractivity contribution in [3.05, 3.63) is 42.5 Å². The summed E-state index contributed by atoms with van der Waals surface area (Å²) >= 11 is 5.40. The Morgan fingerprint density at radius 2 is 1.64 bits per heavy atom. The van der Waals surface area contributed by atoms with Crippen LogP contribution in [-0.4, -0.2) is 11.7 Å². The van der Waals surface area contributed by atoms with E-state index in [1.54, 1.807) is 0 Å². The first-order chi connectivity index (χ1) is 10.8. The molecule has 0 amide bonds. The number of nitrogens with one attached hydrogen (secondary N) is 2. The van der Waals surface area contributed by atoms with Crippen LogP contribution >= 0.6 is 12.2 Å². The van der Waals surface area contributed by atoms with Crippen LogP contribution in [0.25, 0.3) is 10.8 Å². The van der Waals surface area contributed by atoms with Crippen LogP contribution in [0.5, 0.6) is 0 Å². The number of thiocarbonyl (C=S) groups is 1. The Kier molecular flexibility index (Phi) is 7.17. The summed E-state index contributed by atoms with van der Waals surface area (Å²) in [5, 5.41) is 9.77. The van der Waals surface area contributed by atoms with Crippen molar-refractivity contribution in [2.75, 3.05) is 11.9 Å². The Hall–Kier alpha value is -1.61. The van der Waals surface area contributed by atoms with Crippen molar-refractivity contribution < 1.29 is 0 Å². The molecule has 0 unspecified atom stereocenters. The highest BCUT2D eigenvalue weighted by atomic mass is 32.1. The summed E-state index contributed by atoms with van der Waals surface area (Å²) in [6, 6.07) is 14.6. The Morgan fingerprint density at radius 3 is 2.50 bits per heavy atom. The molecule has 2 aromatic carbocycles. The van der Waals surface area contributed by atoms with E-state index in [1.807, 2.05) is 0 Å². The van der Waals surface area contributed by atoms with Gasteiger partial charge in [0.1, 0.15) is 0 Å². The SMILES string of the molecule is CCCCCCCCNC(=S)Nc1cccc2ccccc12. The first kappa shape index (κ1) is 16.8. The minimum absolute atomic E-state index is 0.713. The molecule has 3 heteroatoms. The molecule has 0 saturated heterocycles. The Bertz CT molecular complexity index is 590. The standard InChI is InChI=1S/C19H26N2S/c1-2-3-4-5-6-9-15-20-19(22)21-18-14-10-12-16-11-7-8-13-17(16)18/h7-8,10-14H,2-6,9,15H2,1H3,(H2,20,21,22). The van der Waals surface area contributed by atoms with Gasteiger partial charge in [0, 0.05) is 17.6 Å². The average Bonchev–Trinajstić information content (AvgIpc) is 2.54. The van der Waals surface area contributed by atoms with E-state index in [4.69, 9.17) is 12.2 Å². The van der Waals surface area contributed by atoms with Crippen molar-refractivity contribution in [3.8, 4) is 0 Å². The third kappa shape index (κ3) is 5.30. The lowest BCUT2D eigenvalue weighted by molar-refractivity contribution is 0.603. The molecule has 0 spiro atoms. The maximum absolute atomic E-state index is 5.40. The maximum Gasteiger partial charge on any atom is 0.170 e. The van der Waals surface area contributed by atoms with E-state index in [0.29, 0.717) is 5.11 Å². The third-order valence-electron chi connectivity index (χ3n) is 3.85. The van der Waals surface area contributed by atoms with E-state index < -0.39 is 0 Å². The van der Waals surface area contributed by atoms with E-state index in [-0.39, 0.29) is 0 Å². The molecule has 0 saturated carbocycles. The van der Waals surface area contributed by atoms with Crippen LogP contribution in [-0.2, 0) is 0 Å². The highest BCUT2D eigenvalue weighted by Crippen LogP contribution is 2.22. The fourth-order valence-corrected chi connectivity index (χ4v) is 2.82. The molecule has 2 nitrogen and oxygen atoms in total. The summed E-state index contributed by atoms with van der Waals surface area (Å²) < 4.78 is 0. The molecule has 2 rings (SSSR count). The molecule has 2 aromatic rings. The minimum atomic E-state index is 0.713. The summed E-state index contributed by atoms with van der Waals surface area (Å²) in [6.45, 7) is 3.20. The minimum Gasteiger partial charge on any atom is -0.362 e. The summed E-state index contributed by atoms with van der Waals surface area (Å²) in [5.41, 5.74) is 1.07. The second kappa shape index (κ2) is 9.42. The molecule has 0 aliphatic heterocycles. The van der Waals surface area contributed by atoms with Crippen LogP contribution in [0.4, 0.5) is 5.69 Å². The van der Waals surface area contributed by atoms with Gasteiger partial charge in [-0.2, -0.15) is 0 Å². The lowest BCUT2D eigenvalue weighted by Gasteiger charge is -2.12. The van der Waals surface area contributed by atoms with Crippen LogP contribution in [0.1, 0.15) is 45.4 Å². The fourth-order valence-electron chi connectivity index (χ4n) is 2.61. The Balaban J connectivity index is 1.75. The second-order valence-corrected chi connectivity index (χ2v) is 6.08. The van der Waals surface area contributed by atoms with Gasteiger partial charge in [-0.15, -0.1) is 0 Å². The fraction of sp³-hybridized carbons (Fsp3) is 0.421. The molecule has 2 N–H and O–H groups in total. The van der Waals surface area contributed by atoms with E-state index in [0.717, 1.165) is 12.2 Å². The number of benzene rings is 2. The number of unbranched alkanes of at least 4 members (excludes halogenated alkanes) is 5. The van der Waals surface area contributed by atoms with Crippen molar-refractivity contribution in [1.82, 2.24) is 5.32 Å². The number of anilines is 1. The molecular formula is C19H26N2S. The monoisotopic (exact) mass is 314 g/mol. The molecule has 22 heavy (non-hydrogen) atoms. The molecule has 0 radical (unpaired) electrons. The van der Waals surface area contributed by atoms with Crippen LogP contribution < -0.4 is 10.6 Å². The second-order valence-electron chi connectivity index (χ2n) is 5.68. The summed E-state index contributed by atoms with van der Waals surface area (Å²) in [5.74, 6) is 0. The van der Waals surface area contributed by atoms with Gasteiger partial charge in [0.05, 0.1) is 0 Å². The zero-order chi connectivity index (χ0) is 15.6. The van der Waals surface area contributed by atoms with Crippen molar-refractivity contribution in [3.63, 3.8) is 0 Å². The summed E-state index contributed by atoms with van der Waals surface area (Å²) in [7, 11) is 0. The quantitative estimate of drug-likeness (QED) is 0.498. The number of fused-ring (bicyclic) bond motifs is 1. The van der Waals surface area contributed by atoms with Gasteiger partial charge in [0.15, 0.2) is 5.11 Å². The van der Waals surface area contributed by atoms with Gasteiger partial charge in [-0.25, -0.2) is 0 Å². The van der Waals surface area contributed by atoms with Crippen molar-refractivity contribution >= 4 is 33.8 Å². The molecule has 0 aliphatic rings. The zero-order valence-electron chi connectivity index (χ0n) is 13.4. The van der Waals surface area contributed by atoms with Crippen LogP contribution in [0, 0.1) is 0 Å². The first-order valence-corrected chi connectivity index (χ1v) is 8.74. The highest BCUT2D eigenvalue weighted by Gasteiger charge is 2.02. The molecule has 0 aromatic heterocycles. The Labute approximate surface area is 139 Å². The van der Waals surface area contributed by atoms with Gasteiger partial charge in [-0.1, -0.05) is 75.4 Å². The van der Waals surface area contributed by atoms with E-state index in [1.165, 1.54) is 49.3 Å². The third-order valence-corrected chi connectivity index (χ3v) is 4.10. The summed E-state index contributed by atoms with van der Waals surface area (Å²) in [6.07, 6.45) is 7.81. The average molecular weight is 314 g/mol. The van der Waals surface area contributed by atoms with E-state index in [9.17, 15) is 0 Å². The predicted molar refractivity (Wildman–Crippen MR) is 102 cm³/mol. The molecule has 0 heterocycles. The molecule has 118 valence electrons. The molecular weight excluding hydrogens is 288 g/mol. The van der Waals surface area contributed by atoms with Crippen LogP contribution in [0.3, 0.4) is 0 Å². The van der Waals surface area contributed by atoms with Gasteiger partial charge in [-0.05, 0) is 30.1 Å². The van der Waals surface area contributed by atoms with Gasteiger partial charge in [0.25, 0.3) is 0 Å². The lowest BCUT2D eigenvalue weighted by atomic mass is 10.1. The van der Waals surface area contributed by atoms with Crippen LogP contribution in [0.15, 0.2) is 42.5 Å². The maximum atomic E-state index is 5.40. The smallest absolute Gasteiger partial charge is 0.170 e. The summed E-state index contributed by atoms with van der Waals surface area (Å²) in [4.78, 5) is 0. The molecule has 0 bridgehead atoms. The van der Waals surface area contributed by atoms with Gasteiger partial charge < -0.3 is 10.6 Å². The van der Waals surface area contributed by atoms with Crippen molar-refractivity contribution in [1.29, 1.82) is 0 Å². The largest absolute Gasteiger partial charge is 0.362 e. The van der Waals surface area contributed by atoms with Gasteiger partial charge >= 0.3 is 0 Å². The predicted octanol–water partition coefficient (Wildman–Crippen LogP) is 5.49. The topological polar surface area (TPSA) is 24.1 Å². The number of hydrogen-bond donors (Lipinski definition) is 2. The number of hydrogen-bond acceptors (Lipinski definition) is 1. The molecule has 0 fully saturated rings. The molecule has 0 atom stereocenters. The highest BCUT2D eigenvalue weighted by molar-refractivity contribution is 7.80. The number of rotatable bonds is 8. The van der Waals surface area contributed by atoms with Crippen molar-refractivity contribution in [2.45, 2.75) is 45.4 Å². The lowest BCUT2D eigenvalue weighted by Crippen LogP contribution is -2.29.